The van der Waals surface area contributed by atoms with Gasteiger partial charge in [-0.3, -0.25) is 9.67 Å². The van der Waals surface area contributed by atoms with Gasteiger partial charge in [-0.25, -0.2) is 9.59 Å². The Morgan fingerprint density at radius 3 is 2.52 bits per heavy atom. The van der Waals surface area contributed by atoms with Gasteiger partial charge < -0.3 is 19.5 Å². The first-order valence-corrected chi connectivity index (χ1v) is 11.7. The average Bonchev–Trinajstić information content (AvgIpc) is 3.48. The molecule has 4 rings (SSSR count). The lowest BCUT2D eigenvalue weighted by Gasteiger charge is -2.33. The number of carboxylic acid groups (broad SMARTS) is 1. The highest BCUT2D eigenvalue weighted by Crippen LogP contribution is 2.34. The molecule has 1 amide bonds. The van der Waals surface area contributed by atoms with Crippen LogP contribution in [0.2, 0.25) is 0 Å². The molecule has 1 N–H and O–H groups in total. The predicted octanol–water partition coefficient (Wildman–Crippen LogP) is 4.16. The zero-order valence-corrected chi connectivity index (χ0v) is 19.3. The van der Waals surface area contributed by atoms with Crippen LogP contribution in [0.25, 0.3) is 11.3 Å². The van der Waals surface area contributed by atoms with Crippen molar-refractivity contribution in [3.63, 3.8) is 0 Å². The highest BCUT2D eigenvalue weighted by Gasteiger charge is 2.42. The number of aliphatic carboxylic acids is 1. The van der Waals surface area contributed by atoms with E-state index in [0.29, 0.717) is 24.3 Å². The lowest BCUT2D eigenvalue weighted by molar-refractivity contribution is -0.158. The molecular formula is C24H32N4O5. The third kappa shape index (κ3) is 4.96. The number of ether oxygens (including phenoxy) is 2. The summed E-state index contributed by atoms with van der Waals surface area (Å²) in [6, 6.07) is 3.76. The second-order valence-electron chi connectivity index (χ2n) is 9.07. The third-order valence-corrected chi connectivity index (χ3v) is 6.93. The number of carbonyl (C=O) groups is 2. The minimum absolute atomic E-state index is 0.0871. The number of rotatable bonds is 7. The zero-order valence-electron chi connectivity index (χ0n) is 19.3. The minimum atomic E-state index is -1.18. The fourth-order valence-electron chi connectivity index (χ4n) is 4.83. The molecule has 2 aliphatic rings. The summed E-state index contributed by atoms with van der Waals surface area (Å²) in [7, 11) is 3.59. The van der Waals surface area contributed by atoms with Crippen molar-refractivity contribution in [3.05, 3.63) is 30.2 Å². The average molecular weight is 457 g/mol. The summed E-state index contributed by atoms with van der Waals surface area (Å²) in [5.74, 6) is -0.497. The molecule has 0 aromatic carbocycles. The molecule has 9 nitrogen and oxygen atoms in total. The molecule has 2 aromatic heterocycles. The van der Waals surface area contributed by atoms with Gasteiger partial charge in [0.2, 0.25) is 5.60 Å². The van der Waals surface area contributed by atoms with E-state index in [1.54, 1.807) is 48.2 Å². The molecule has 0 radical (unpaired) electrons. The van der Waals surface area contributed by atoms with Crippen LogP contribution in [0, 0.1) is 0 Å². The Morgan fingerprint density at radius 1 is 1.15 bits per heavy atom. The molecule has 2 aliphatic carbocycles. The second kappa shape index (κ2) is 9.80. The van der Waals surface area contributed by atoms with Crippen molar-refractivity contribution in [3.8, 4) is 17.0 Å². The first-order valence-electron chi connectivity index (χ1n) is 11.7. The SMILES string of the molecule is CN(C(=O)OCc1c(-c2ccc(OC3(C(=O)O)CCCCC3)cn2)cnn1C)C1CCCC1. The second-order valence-corrected chi connectivity index (χ2v) is 9.07. The number of aryl methyl sites for hydroxylation is 1. The normalized spacial score (nSPS) is 18.1. The van der Waals surface area contributed by atoms with Crippen molar-refractivity contribution in [1.29, 1.82) is 0 Å². The van der Waals surface area contributed by atoms with E-state index in [4.69, 9.17) is 9.47 Å². The van der Waals surface area contributed by atoms with Crippen LogP contribution in [0.3, 0.4) is 0 Å². The lowest BCUT2D eigenvalue weighted by Crippen LogP contribution is -2.46. The highest BCUT2D eigenvalue weighted by atomic mass is 16.6. The van der Waals surface area contributed by atoms with Crippen LogP contribution in [0.1, 0.15) is 63.5 Å². The van der Waals surface area contributed by atoms with Crippen LogP contribution >= 0.6 is 0 Å². The number of pyridine rings is 1. The predicted molar refractivity (Wildman–Crippen MR) is 121 cm³/mol. The van der Waals surface area contributed by atoms with Crippen LogP contribution in [-0.2, 0) is 23.2 Å². The van der Waals surface area contributed by atoms with Crippen molar-refractivity contribution >= 4 is 12.1 Å². The van der Waals surface area contributed by atoms with E-state index in [2.05, 4.69) is 10.1 Å². The molecule has 0 unspecified atom stereocenters. The van der Waals surface area contributed by atoms with E-state index < -0.39 is 11.6 Å². The summed E-state index contributed by atoms with van der Waals surface area (Å²) in [6.07, 6.45) is 10.9. The molecule has 2 saturated carbocycles. The molecule has 2 heterocycles. The minimum Gasteiger partial charge on any atom is -0.478 e. The summed E-state index contributed by atoms with van der Waals surface area (Å²) >= 11 is 0. The van der Waals surface area contributed by atoms with Crippen LogP contribution in [-0.4, -0.2) is 55.5 Å². The van der Waals surface area contributed by atoms with Gasteiger partial charge in [-0.2, -0.15) is 5.10 Å². The van der Waals surface area contributed by atoms with Gasteiger partial charge >= 0.3 is 12.1 Å². The molecule has 33 heavy (non-hydrogen) atoms. The summed E-state index contributed by atoms with van der Waals surface area (Å²) in [6.45, 7) is 0.0871. The number of aromatic nitrogens is 3. The molecule has 2 aromatic rings. The Hall–Kier alpha value is -3.10. The van der Waals surface area contributed by atoms with Crippen molar-refractivity contribution in [2.75, 3.05) is 7.05 Å². The molecule has 0 bridgehead atoms. The van der Waals surface area contributed by atoms with Crippen molar-refractivity contribution in [2.24, 2.45) is 7.05 Å². The Morgan fingerprint density at radius 2 is 1.88 bits per heavy atom. The Bertz CT molecular complexity index is 975. The van der Waals surface area contributed by atoms with E-state index in [9.17, 15) is 14.7 Å². The quantitative estimate of drug-likeness (QED) is 0.667. The lowest BCUT2D eigenvalue weighted by atomic mass is 9.84. The molecule has 0 saturated heterocycles. The van der Waals surface area contributed by atoms with Crippen LogP contribution in [0.4, 0.5) is 4.79 Å². The zero-order chi connectivity index (χ0) is 23.4. The smallest absolute Gasteiger partial charge is 0.410 e. The van der Waals surface area contributed by atoms with Crippen molar-refractivity contribution < 1.29 is 24.2 Å². The Balaban J connectivity index is 1.44. The summed E-state index contributed by atoms with van der Waals surface area (Å²) in [5, 5.41) is 14.0. The van der Waals surface area contributed by atoms with E-state index >= 15 is 0 Å². The van der Waals surface area contributed by atoms with Gasteiger partial charge in [0.05, 0.1) is 23.8 Å². The van der Waals surface area contributed by atoms with Gasteiger partial charge in [0, 0.05) is 25.7 Å². The van der Waals surface area contributed by atoms with E-state index in [1.807, 2.05) is 0 Å². The first kappa shape index (κ1) is 23.1. The van der Waals surface area contributed by atoms with Gasteiger partial charge in [-0.1, -0.05) is 19.3 Å². The topological polar surface area (TPSA) is 107 Å². The largest absolute Gasteiger partial charge is 0.478 e. The van der Waals surface area contributed by atoms with Crippen molar-refractivity contribution in [1.82, 2.24) is 19.7 Å². The van der Waals surface area contributed by atoms with Crippen LogP contribution in [0.15, 0.2) is 24.5 Å². The fourth-order valence-corrected chi connectivity index (χ4v) is 4.83. The summed E-state index contributed by atoms with van der Waals surface area (Å²) in [4.78, 5) is 30.5. The maximum Gasteiger partial charge on any atom is 0.410 e. The molecule has 2 fully saturated rings. The molecular weight excluding hydrogens is 424 g/mol. The number of hydrogen-bond donors (Lipinski definition) is 1. The van der Waals surface area contributed by atoms with Crippen molar-refractivity contribution in [2.45, 2.75) is 76.0 Å². The molecule has 178 valence electrons. The number of hydrogen-bond acceptors (Lipinski definition) is 6. The van der Waals surface area contributed by atoms with Crippen LogP contribution in [0.5, 0.6) is 5.75 Å². The summed E-state index contributed by atoms with van der Waals surface area (Å²) in [5.41, 5.74) is 0.962. The number of carbonyl (C=O) groups excluding carboxylic acids is 1. The molecule has 9 heteroatoms. The number of carboxylic acids is 1. The van der Waals surface area contributed by atoms with Gasteiger partial charge in [0.25, 0.3) is 0 Å². The standard InChI is InChI=1S/C24H32N4O5/c1-27(17-8-4-5-9-17)23(31)32-16-21-19(15-26-28(21)2)20-11-10-18(14-25-20)33-24(22(29)30)12-6-3-7-13-24/h10-11,14-15,17H,3-9,12-13,16H2,1-2H3,(H,29,30). The maximum absolute atomic E-state index is 12.5. The van der Waals surface area contributed by atoms with Gasteiger partial charge in [-0.05, 0) is 50.7 Å². The van der Waals surface area contributed by atoms with Crippen LogP contribution < -0.4 is 4.74 Å². The Labute approximate surface area is 193 Å². The van der Waals surface area contributed by atoms with E-state index in [-0.39, 0.29) is 18.7 Å². The van der Waals surface area contributed by atoms with E-state index in [1.165, 1.54) is 0 Å². The third-order valence-electron chi connectivity index (χ3n) is 6.93. The summed E-state index contributed by atoms with van der Waals surface area (Å²) < 4.78 is 13.2. The fraction of sp³-hybridized carbons (Fsp3) is 0.583. The van der Waals surface area contributed by atoms with Gasteiger partial charge in [0.1, 0.15) is 12.4 Å². The first-order chi connectivity index (χ1) is 15.9. The number of amides is 1. The molecule has 0 spiro atoms. The van der Waals surface area contributed by atoms with Gasteiger partial charge in [0.15, 0.2) is 0 Å². The number of nitrogens with zero attached hydrogens (tertiary/aromatic N) is 4. The molecule has 0 aliphatic heterocycles. The van der Waals surface area contributed by atoms with E-state index in [0.717, 1.165) is 56.2 Å². The Kier molecular flexibility index (Phi) is 6.85. The molecule has 0 atom stereocenters. The maximum atomic E-state index is 12.5. The monoisotopic (exact) mass is 456 g/mol. The van der Waals surface area contributed by atoms with Gasteiger partial charge in [-0.15, -0.1) is 0 Å². The highest BCUT2D eigenvalue weighted by molar-refractivity contribution is 5.78.